The second kappa shape index (κ2) is 10.9. The lowest BCUT2D eigenvalue weighted by Gasteiger charge is -2.26. The van der Waals surface area contributed by atoms with E-state index in [0.29, 0.717) is 41.1 Å². The van der Waals surface area contributed by atoms with Gasteiger partial charge in [-0.3, -0.25) is 9.59 Å². The third-order valence-electron chi connectivity index (χ3n) is 5.48. The van der Waals surface area contributed by atoms with Crippen LogP contribution in [-0.2, 0) is 9.59 Å². The number of aliphatic hydroxyl groups is 1. The Hall–Kier alpha value is -2.84. The molecule has 1 unspecified atom stereocenters. The molecule has 0 radical (unpaired) electrons. The molecule has 1 amide bonds. The van der Waals surface area contributed by atoms with Gasteiger partial charge >= 0.3 is 0 Å². The average Bonchev–Trinajstić information content (AvgIpc) is 3.04. The molecule has 0 aliphatic carbocycles. The number of benzene rings is 2. The monoisotopic (exact) mass is 516 g/mol. The molecule has 1 saturated heterocycles. The Kier molecular flexibility index (Phi) is 8.15. The largest absolute Gasteiger partial charge is 0.507 e. The van der Waals surface area contributed by atoms with E-state index in [9.17, 15) is 14.7 Å². The van der Waals surface area contributed by atoms with Crippen molar-refractivity contribution in [3.63, 3.8) is 0 Å². The first-order valence-corrected chi connectivity index (χ1v) is 11.6. The molecule has 1 aliphatic rings. The van der Waals surface area contributed by atoms with Gasteiger partial charge in [-0.05, 0) is 85.8 Å². The maximum Gasteiger partial charge on any atom is 0.295 e. The lowest BCUT2D eigenvalue weighted by molar-refractivity contribution is -0.139. The van der Waals surface area contributed by atoms with Gasteiger partial charge in [0.1, 0.15) is 17.3 Å². The minimum absolute atomic E-state index is 0.0751. The summed E-state index contributed by atoms with van der Waals surface area (Å²) in [5.41, 5.74) is 1.23. The van der Waals surface area contributed by atoms with Crippen LogP contribution in [0.4, 0.5) is 0 Å². The predicted molar refractivity (Wildman–Crippen MR) is 130 cm³/mol. The first-order valence-electron chi connectivity index (χ1n) is 10.8. The van der Waals surface area contributed by atoms with Crippen LogP contribution in [0.15, 0.2) is 52.5 Å². The number of hydrogen-bond donors (Lipinski definition) is 1. The highest BCUT2D eigenvalue weighted by atomic mass is 79.9. The molecule has 7 nitrogen and oxygen atoms in total. The Labute approximate surface area is 202 Å². The lowest BCUT2D eigenvalue weighted by Crippen LogP contribution is -2.32. The number of carbonyl (C=O) groups excluding carboxylic acids is 2. The van der Waals surface area contributed by atoms with Crippen molar-refractivity contribution >= 4 is 33.4 Å². The molecule has 2 aromatic rings. The summed E-state index contributed by atoms with van der Waals surface area (Å²) in [6.07, 6.45) is 0.696. The molecule has 33 heavy (non-hydrogen) atoms. The van der Waals surface area contributed by atoms with Crippen LogP contribution >= 0.6 is 15.9 Å². The van der Waals surface area contributed by atoms with Gasteiger partial charge in [-0.15, -0.1) is 0 Å². The molecule has 0 saturated carbocycles. The number of rotatable bonds is 9. The molecule has 2 aromatic carbocycles. The fraction of sp³-hybridized carbons (Fsp3) is 0.360. The van der Waals surface area contributed by atoms with Gasteiger partial charge in [0.2, 0.25) is 0 Å². The van der Waals surface area contributed by atoms with Crippen LogP contribution in [0, 0.1) is 0 Å². The van der Waals surface area contributed by atoms with E-state index in [-0.39, 0.29) is 11.3 Å². The number of ether oxygens (including phenoxy) is 2. The number of amides is 1. The number of ketones is 1. The van der Waals surface area contributed by atoms with Crippen LogP contribution in [0.25, 0.3) is 5.76 Å². The molecule has 1 aliphatic heterocycles. The normalized spacial score (nSPS) is 17.6. The van der Waals surface area contributed by atoms with Crippen molar-refractivity contribution in [3.8, 4) is 11.5 Å². The van der Waals surface area contributed by atoms with E-state index in [2.05, 4.69) is 15.9 Å². The van der Waals surface area contributed by atoms with E-state index in [4.69, 9.17) is 9.47 Å². The summed E-state index contributed by atoms with van der Waals surface area (Å²) in [5.74, 6) is -0.223. The molecule has 1 atom stereocenters. The zero-order chi connectivity index (χ0) is 24.1. The van der Waals surface area contributed by atoms with E-state index in [1.165, 1.54) is 0 Å². The van der Waals surface area contributed by atoms with Gasteiger partial charge in [-0.25, -0.2) is 0 Å². The van der Waals surface area contributed by atoms with Crippen LogP contribution in [0.2, 0.25) is 0 Å². The summed E-state index contributed by atoms with van der Waals surface area (Å²) in [5, 5.41) is 11.2. The van der Waals surface area contributed by atoms with Gasteiger partial charge in [-0.2, -0.15) is 0 Å². The third-order valence-corrected chi connectivity index (χ3v) is 6.10. The highest BCUT2D eigenvalue weighted by Gasteiger charge is 2.45. The molecule has 1 fully saturated rings. The predicted octanol–water partition coefficient (Wildman–Crippen LogP) is 4.23. The van der Waals surface area contributed by atoms with E-state index in [1.54, 1.807) is 30.2 Å². The zero-order valence-corrected chi connectivity index (χ0v) is 20.9. The zero-order valence-electron chi connectivity index (χ0n) is 19.3. The smallest absolute Gasteiger partial charge is 0.295 e. The fourth-order valence-electron chi connectivity index (χ4n) is 3.90. The Bertz CT molecular complexity index is 1050. The highest BCUT2D eigenvalue weighted by molar-refractivity contribution is 9.10. The van der Waals surface area contributed by atoms with Crippen molar-refractivity contribution in [3.05, 3.63) is 63.6 Å². The van der Waals surface area contributed by atoms with Gasteiger partial charge in [0.05, 0.1) is 29.8 Å². The number of methoxy groups -OCH3 is 1. The quantitative estimate of drug-likeness (QED) is 0.305. The van der Waals surface area contributed by atoms with Gasteiger partial charge in [0.15, 0.2) is 0 Å². The molecule has 8 heteroatoms. The fourth-order valence-corrected chi connectivity index (χ4v) is 4.44. The number of nitrogens with zero attached hydrogens (tertiary/aromatic N) is 2. The lowest BCUT2D eigenvalue weighted by atomic mass is 9.95. The second-order valence-electron chi connectivity index (χ2n) is 8.00. The minimum atomic E-state index is -0.692. The van der Waals surface area contributed by atoms with Gasteiger partial charge in [0.25, 0.3) is 11.7 Å². The van der Waals surface area contributed by atoms with Crippen LogP contribution in [-0.4, -0.2) is 67.5 Å². The summed E-state index contributed by atoms with van der Waals surface area (Å²) in [6, 6.07) is 11.6. The Morgan fingerprint density at radius 2 is 1.85 bits per heavy atom. The topological polar surface area (TPSA) is 79.3 Å². The molecular weight excluding hydrogens is 488 g/mol. The summed E-state index contributed by atoms with van der Waals surface area (Å²) >= 11 is 3.41. The molecule has 3 rings (SSSR count). The van der Waals surface area contributed by atoms with Crippen molar-refractivity contribution in [2.45, 2.75) is 19.4 Å². The molecule has 0 spiro atoms. The summed E-state index contributed by atoms with van der Waals surface area (Å²) in [7, 11) is 5.46. The first-order chi connectivity index (χ1) is 15.8. The van der Waals surface area contributed by atoms with Crippen molar-refractivity contribution in [1.82, 2.24) is 9.80 Å². The van der Waals surface area contributed by atoms with Crippen LogP contribution in [0.3, 0.4) is 0 Å². The first kappa shape index (κ1) is 24.8. The van der Waals surface area contributed by atoms with Crippen molar-refractivity contribution < 1.29 is 24.2 Å². The van der Waals surface area contributed by atoms with Crippen molar-refractivity contribution in [2.24, 2.45) is 0 Å². The molecule has 176 valence electrons. The summed E-state index contributed by atoms with van der Waals surface area (Å²) < 4.78 is 11.4. The standard InChI is InChI=1S/C25H29BrN2O5/c1-5-33-18-10-7-16(8-11-18)22-21(23(29)17-9-12-20(32-4)19(26)15-17)24(30)25(31)28(22)14-6-13-27(2)3/h7-12,15,22,29H,5-6,13-14H2,1-4H3/b23-21-. The van der Waals surface area contributed by atoms with E-state index >= 15 is 0 Å². The summed E-state index contributed by atoms with van der Waals surface area (Å²) in [4.78, 5) is 29.7. The maximum atomic E-state index is 13.1. The Morgan fingerprint density at radius 3 is 2.42 bits per heavy atom. The van der Waals surface area contributed by atoms with Crippen LogP contribution in [0.5, 0.6) is 11.5 Å². The number of carbonyl (C=O) groups is 2. The molecule has 1 heterocycles. The Balaban J connectivity index is 2.08. The van der Waals surface area contributed by atoms with Gasteiger partial charge in [0, 0.05) is 12.1 Å². The molecule has 0 bridgehead atoms. The van der Waals surface area contributed by atoms with E-state index in [0.717, 1.165) is 12.1 Å². The summed E-state index contributed by atoms with van der Waals surface area (Å²) in [6.45, 7) is 3.60. The van der Waals surface area contributed by atoms with E-state index in [1.807, 2.05) is 50.2 Å². The third kappa shape index (κ3) is 5.39. The SMILES string of the molecule is CCOc1ccc(C2/C(=C(/O)c3ccc(OC)c(Br)c3)C(=O)C(=O)N2CCCN(C)C)cc1. The van der Waals surface area contributed by atoms with Crippen molar-refractivity contribution in [2.75, 3.05) is 40.9 Å². The van der Waals surface area contributed by atoms with Crippen LogP contribution < -0.4 is 9.47 Å². The van der Waals surface area contributed by atoms with Crippen molar-refractivity contribution in [1.29, 1.82) is 0 Å². The van der Waals surface area contributed by atoms with Gasteiger partial charge in [-0.1, -0.05) is 12.1 Å². The number of likely N-dealkylation sites (tertiary alicyclic amines) is 1. The minimum Gasteiger partial charge on any atom is -0.507 e. The maximum absolute atomic E-state index is 13.1. The second-order valence-corrected chi connectivity index (χ2v) is 8.86. The molecule has 0 aromatic heterocycles. The molecular formula is C25H29BrN2O5. The number of halogens is 1. The average molecular weight is 517 g/mol. The number of Topliss-reactive ketones (excluding diaryl/α,β-unsaturated/α-hetero) is 1. The highest BCUT2D eigenvalue weighted by Crippen LogP contribution is 2.40. The number of aliphatic hydroxyl groups excluding tert-OH is 1. The van der Waals surface area contributed by atoms with E-state index < -0.39 is 17.7 Å². The Morgan fingerprint density at radius 1 is 1.15 bits per heavy atom. The number of hydrogen-bond acceptors (Lipinski definition) is 6. The molecule has 1 N–H and O–H groups in total. The van der Waals surface area contributed by atoms with Crippen LogP contribution in [0.1, 0.15) is 30.5 Å². The van der Waals surface area contributed by atoms with Gasteiger partial charge < -0.3 is 24.4 Å².